The number of pyridine rings is 1. The van der Waals surface area contributed by atoms with E-state index in [4.69, 9.17) is 9.47 Å². The molecule has 112 valence electrons. The summed E-state index contributed by atoms with van der Waals surface area (Å²) in [7, 11) is 1.60. The summed E-state index contributed by atoms with van der Waals surface area (Å²) in [5, 5.41) is 4.15. The van der Waals surface area contributed by atoms with E-state index < -0.39 is 0 Å². The highest BCUT2D eigenvalue weighted by atomic mass is 16.5. The number of para-hydroxylation sites is 1. The molecular formula is C16H20N2O3. The second-order valence-corrected chi connectivity index (χ2v) is 4.92. The van der Waals surface area contributed by atoms with Gasteiger partial charge in [-0.05, 0) is 26.8 Å². The lowest BCUT2D eigenvalue weighted by molar-refractivity contribution is 0.0527. The minimum Gasteiger partial charge on any atom is -0.494 e. The molecule has 0 radical (unpaired) electrons. The third-order valence-electron chi connectivity index (χ3n) is 3.01. The summed E-state index contributed by atoms with van der Waals surface area (Å²) in [6.45, 7) is 6.14. The Morgan fingerprint density at radius 1 is 1.38 bits per heavy atom. The summed E-state index contributed by atoms with van der Waals surface area (Å²) in [6.07, 6.45) is 1.54. The van der Waals surface area contributed by atoms with Crippen molar-refractivity contribution in [3.05, 3.63) is 30.0 Å². The summed E-state index contributed by atoms with van der Waals surface area (Å²) in [6, 6.07) is 5.81. The third kappa shape index (κ3) is 3.07. The first-order chi connectivity index (χ1) is 10.1. The molecule has 21 heavy (non-hydrogen) atoms. The average Bonchev–Trinajstić information content (AvgIpc) is 2.46. The number of methoxy groups -OCH3 is 1. The molecule has 1 heterocycles. The molecule has 0 aliphatic heterocycles. The van der Waals surface area contributed by atoms with Crippen molar-refractivity contribution >= 4 is 22.6 Å². The van der Waals surface area contributed by atoms with Gasteiger partial charge < -0.3 is 14.8 Å². The maximum atomic E-state index is 12.1. The maximum absolute atomic E-state index is 12.1. The molecule has 2 aromatic rings. The van der Waals surface area contributed by atoms with Gasteiger partial charge in [0.2, 0.25) is 0 Å². The van der Waals surface area contributed by atoms with Crippen molar-refractivity contribution < 1.29 is 14.3 Å². The van der Waals surface area contributed by atoms with E-state index in [1.165, 1.54) is 6.20 Å². The van der Waals surface area contributed by atoms with Gasteiger partial charge in [0, 0.05) is 17.6 Å². The third-order valence-corrected chi connectivity index (χ3v) is 3.01. The van der Waals surface area contributed by atoms with E-state index in [-0.39, 0.29) is 12.0 Å². The summed E-state index contributed by atoms with van der Waals surface area (Å²) < 4.78 is 10.4. The van der Waals surface area contributed by atoms with Crippen molar-refractivity contribution in [3.8, 4) is 5.75 Å². The summed E-state index contributed by atoms with van der Waals surface area (Å²) in [4.78, 5) is 16.5. The Morgan fingerprint density at radius 3 is 2.76 bits per heavy atom. The van der Waals surface area contributed by atoms with E-state index >= 15 is 0 Å². The number of carbonyl (C=O) groups excluding carboxylic acids is 1. The zero-order chi connectivity index (χ0) is 15.4. The Morgan fingerprint density at radius 2 is 2.14 bits per heavy atom. The van der Waals surface area contributed by atoms with Crippen LogP contribution in [0.4, 0.5) is 5.69 Å². The SMILES string of the molecule is CCOC(=O)c1cnc2c(OC)cccc2c1NC(C)C. The van der Waals surface area contributed by atoms with E-state index in [9.17, 15) is 4.79 Å². The number of rotatable bonds is 5. The van der Waals surface area contributed by atoms with Gasteiger partial charge in [0.15, 0.2) is 0 Å². The van der Waals surface area contributed by atoms with Crippen molar-refractivity contribution in [1.82, 2.24) is 4.98 Å². The molecule has 0 fully saturated rings. The van der Waals surface area contributed by atoms with Crippen LogP contribution in [0.15, 0.2) is 24.4 Å². The van der Waals surface area contributed by atoms with E-state index in [0.29, 0.717) is 17.9 Å². The van der Waals surface area contributed by atoms with Gasteiger partial charge in [-0.25, -0.2) is 4.79 Å². The Bertz CT molecular complexity index is 653. The van der Waals surface area contributed by atoms with Crippen molar-refractivity contribution in [2.45, 2.75) is 26.8 Å². The van der Waals surface area contributed by atoms with Gasteiger partial charge in [-0.15, -0.1) is 0 Å². The van der Waals surface area contributed by atoms with Gasteiger partial charge in [0.05, 0.1) is 19.4 Å². The van der Waals surface area contributed by atoms with Crippen LogP contribution in [0, 0.1) is 0 Å². The molecular weight excluding hydrogens is 268 g/mol. The van der Waals surface area contributed by atoms with Crippen LogP contribution in [-0.4, -0.2) is 30.7 Å². The second-order valence-electron chi connectivity index (χ2n) is 4.92. The van der Waals surface area contributed by atoms with E-state index in [2.05, 4.69) is 10.3 Å². The molecule has 1 aromatic carbocycles. The average molecular weight is 288 g/mol. The molecule has 1 aromatic heterocycles. The maximum Gasteiger partial charge on any atom is 0.341 e. The van der Waals surface area contributed by atoms with Crippen molar-refractivity contribution in [2.24, 2.45) is 0 Å². The van der Waals surface area contributed by atoms with E-state index in [1.807, 2.05) is 32.0 Å². The molecule has 0 atom stereocenters. The number of nitrogens with one attached hydrogen (secondary N) is 1. The molecule has 0 unspecified atom stereocenters. The fraction of sp³-hybridized carbons (Fsp3) is 0.375. The molecule has 1 N–H and O–H groups in total. The second kappa shape index (κ2) is 6.43. The van der Waals surface area contributed by atoms with Crippen LogP contribution in [-0.2, 0) is 4.74 Å². The number of nitrogens with zero attached hydrogens (tertiary/aromatic N) is 1. The van der Waals surface area contributed by atoms with Gasteiger partial charge in [-0.1, -0.05) is 12.1 Å². The number of fused-ring (bicyclic) bond motifs is 1. The largest absolute Gasteiger partial charge is 0.494 e. The predicted molar refractivity (Wildman–Crippen MR) is 83.0 cm³/mol. The number of ether oxygens (including phenoxy) is 2. The van der Waals surface area contributed by atoms with Crippen molar-refractivity contribution in [1.29, 1.82) is 0 Å². The first-order valence-corrected chi connectivity index (χ1v) is 6.97. The lowest BCUT2D eigenvalue weighted by Gasteiger charge is -2.17. The number of hydrogen-bond donors (Lipinski definition) is 1. The van der Waals surface area contributed by atoms with Crippen LogP contribution in [0.2, 0.25) is 0 Å². The monoisotopic (exact) mass is 288 g/mol. The highest BCUT2D eigenvalue weighted by molar-refractivity contribution is 6.06. The Hall–Kier alpha value is -2.30. The van der Waals surface area contributed by atoms with Crippen LogP contribution >= 0.6 is 0 Å². The van der Waals surface area contributed by atoms with Crippen molar-refractivity contribution in [2.75, 3.05) is 19.0 Å². The lowest BCUT2D eigenvalue weighted by atomic mass is 10.1. The Labute approximate surface area is 124 Å². The number of anilines is 1. The summed E-state index contributed by atoms with van der Waals surface area (Å²) >= 11 is 0. The van der Waals surface area contributed by atoms with Crippen molar-refractivity contribution in [3.63, 3.8) is 0 Å². The van der Waals surface area contributed by atoms with Crippen LogP contribution < -0.4 is 10.1 Å². The zero-order valence-corrected chi connectivity index (χ0v) is 12.8. The van der Waals surface area contributed by atoms with E-state index in [1.54, 1.807) is 14.0 Å². The molecule has 5 nitrogen and oxygen atoms in total. The van der Waals surface area contributed by atoms with E-state index in [0.717, 1.165) is 16.6 Å². The van der Waals surface area contributed by atoms with Crippen LogP contribution in [0.3, 0.4) is 0 Å². The quantitative estimate of drug-likeness (QED) is 0.856. The van der Waals surface area contributed by atoms with Gasteiger partial charge in [0.25, 0.3) is 0 Å². The number of carbonyl (C=O) groups is 1. The molecule has 0 bridgehead atoms. The van der Waals surface area contributed by atoms with Gasteiger partial charge in [-0.3, -0.25) is 4.98 Å². The standard InChI is InChI=1S/C16H20N2O3/c1-5-21-16(19)12-9-17-15-11(14(12)18-10(2)3)7-6-8-13(15)20-4/h6-10H,5H2,1-4H3,(H,17,18). The highest BCUT2D eigenvalue weighted by Crippen LogP contribution is 2.32. The molecule has 0 amide bonds. The summed E-state index contributed by atoms with van der Waals surface area (Å²) in [5.74, 6) is 0.299. The number of esters is 1. The van der Waals surface area contributed by atoms with Gasteiger partial charge in [-0.2, -0.15) is 0 Å². The lowest BCUT2D eigenvalue weighted by Crippen LogP contribution is -2.16. The van der Waals surface area contributed by atoms with Crippen LogP contribution in [0.25, 0.3) is 10.9 Å². The predicted octanol–water partition coefficient (Wildman–Crippen LogP) is 3.24. The zero-order valence-electron chi connectivity index (χ0n) is 12.8. The first-order valence-electron chi connectivity index (χ1n) is 6.97. The smallest absolute Gasteiger partial charge is 0.341 e. The fourth-order valence-electron chi connectivity index (χ4n) is 2.17. The highest BCUT2D eigenvalue weighted by Gasteiger charge is 2.18. The molecule has 0 aliphatic carbocycles. The minimum atomic E-state index is -0.377. The number of aromatic nitrogens is 1. The molecule has 0 spiro atoms. The molecule has 0 saturated carbocycles. The molecule has 5 heteroatoms. The molecule has 0 saturated heterocycles. The number of benzene rings is 1. The van der Waals surface area contributed by atoms with Gasteiger partial charge >= 0.3 is 5.97 Å². The fourth-order valence-corrected chi connectivity index (χ4v) is 2.17. The molecule has 0 aliphatic rings. The summed E-state index contributed by atoms with van der Waals surface area (Å²) in [5.41, 5.74) is 1.88. The molecule has 2 rings (SSSR count). The number of hydrogen-bond acceptors (Lipinski definition) is 5. The van der Waals surface area contributed by atoms with Crippen LogP contribution in [0.1, 0.15) is 31.1 Å². The Balaban J connectivity index is 2.67. The van der Waals surface area contributed by atoms with Crippen LogP contribution in [0.5, 0.6) is 5.75 Å². The van der Waals surface area contributed by atoms with Gasteiger partial charge in [0.1, 0.15) is 16.8 Å². The minimum absolute atomic E-state index is 0.176. The Kier molecular flexibility index (Phi) is 4.62. The topological polar surface area (TPSA) is 60.5 Å². The first kappa shape index (κ1) is 15.1. The normalized spacial score (nSPS) is 10.7.